The minimum Gasteiger partial charge on any atom is -0.465 e. The summed E-state index contributed by atoms with van der Waals surface area (Å²) in [6.45, 7) is 4.07. The van der Waals surface area contributed by atoms with Crippen LogP contribution < -0.4 is 0 Å². The molecule has 2 heterocycles. The zero-order chi connectivity index (χ0) is 12.6. The van der Waals surface area contributed by atoms with E-state index in [9.17, 15) is 4.79 Å². The minimum absolute atomic E-state index is 0.235. The molecule has 0 bridgehead atoms. The van der Waals surface area contributed by atoms with Crippen molar-refractivity contribution in [1.82, 2.24) is 9.55 Å². The Hall–Kier alpha value is -1.55. The number of carbonyl (C=O) groups is 1. The summed E-state index contributed by atoms with van der Waals surface area (Å²) in [6.07, 6.45) is 1.89. The lowest BCUT2D eigenvalue weighted by molar-refractivity contribution is 0.0602. The standard InChI is InChI=1S/C12H13ClN2O2/c1-7(2)15-5-4-9-11(15)8(12(16)17-3)6-10(13)14-9/h4-7H,1-3H3. The van der Waals surface area contributed by atoms with Crippen molar-refractivity contribution in [3.63, 3.8) is 0 Å². The maximum Gasteiger partial charge on any atom is 0.340 e. The molecular weight excluding hydrogens is 240 g/mol. The first-order valence-corrected chi connectivity index (χ1v) is 5.67. The molecule has 0 aliphatic carbocycles. The Bertz CT molecular complexity index is 575. The maximum atomic E-state index is 11.7. The number of ether oxygens (including phenoxy) is 1. The van der Waals surface area contributed by atoms with Crippen LogP contribution in [0.15, 0.2) is 18.3 Å². The van der Waals surface area contributed by atoms with Gasteiger partial charge in [0.15, 0.2) is 0 Å². The molecule has 0 atom stereocenters. The van der Waals surface area contributed by atoms with Crippen LogP contribution in [0.1, 0.15) is 30.2 Å². The summed E-state index contributed by atoms with van der Waals surface area (Å²) in [4.78, 5) is 15.9. The third kappa shape index (κ3) is 2.00. The zero-order valence-electron chi connectivity index (χ0n) is 9.90. The van der Waals surface area contributed by atoms with E-state index < -0.39 is 5.97 Å². The van der Waals surface area contributed by atoms with E-state index in [-0.39, 0.29) is 6.04 Å². The van der Waals surface area contributed by atoms with E-state index in [2.05, 4.69) is 4.98 Å². The Balaban J connectivity index is 2.78. The predicted molar refractivity (Wildman–Crippen MR) is 66.5 cm³/mol. The largest absolute Gasteiger partial charge is 0.465 e. The molecule has 2 aromatic rings. The molecule has 0 aromatic carbocycles. The van der Waals surface area contributed by atoms with Crippen LogP contribution >= 0.6 is 11.6 Å². The number of carbonyl (C=O) groups excluding carboxylic acids is 1. The summed E-state index contributed by atoms with van der Waals surface area (Å²) in [7, 11) is 1.35. The number of methoxy groups -OCH3 is 1. The Morgan fingerprint density at radius 3 is 2.82 bits per heavy atom. The highest BCUT2D eigenvalue weighted by molar-refractivity contribution is 6.30. The van der Waals surface area contributed by atoms with Gasteiger partial charge in [-0.25, -0.2) is 9.78 Å². The van der Waals surface area contributed by atoms with Gasteiger partial charge in [0.2, 0.25) is 0 Å². The van der Waals surface area contributed by atoms with Gasteiger partial charge >= 0.3 is 5.97 Å². The molecular formula is C12H13ClN2O2. The van der Waals surface area contributed by atoms with Gasteiger partial charge < -0.3 is 9.30 Å². The fourth-order valence-corrected chi connectivity index (χ4v) is 2.03. The van der Waals surface area contributed by atoms with Crippen molar-refractivity contribution in [3.05, 3.63) is 29.0 Å². The Kier molecular flexibility index (Phi) is 3.07. The van der Waals surface area contributed by atoms with Gasteiger partial charge in [0.1, 0.15) is 5.15 Å². The van der Waals surface area contributed by atoms with Crippen molar-refractivity contribution < 1.29 is 9.53 Å². The molecule has 0 saturated heterocycles. The van der Waals surface area contributed by atoms with E-state index in [0.29, 0.717) is 16.2 Å². The summed E-state index contributed by atoms with van der Waals surface area (Å²) in [5.41, 5.74) is 1.91. The topological polar surface area (TPSA) is 44.1 Å². The predicted octanol–water partition coefficient (Wildman–Crippen LogP) is 3.06. The van der Waals surface area contributed by atoms with E-state index in [1.54, 1.807) is 0 Å². The molecule has 0 radical (unpaired) electrons. The van der Waals surface area contributed by atoms with Gasteiger partial charge in [0.05, 0.1) is 23.7 Å². The lowest BCUT2D eigenvalue weighted by Crippen LogP contribution is -2.07. The Labute approximate surface area is 104 Å². The van der Waals surface area contributed by atoms with Gasteiger partial charge in [-0.3, -0.25) is 0 Å². The number of pyridine rings is 1. The smallest absolute Gasteiger partial charge is 0.340 e. The fraction of sp³-hybridized carbons (Fsp3) is 0.333. The van der Waals surface area contributed by atoms with Crippen molar-refractivity contribution in [2.24, 2.45) is 0 Å². The van der Waals surface area contributed by atoms with E-state index >= 15 is 0 Å². The van der Waals surface area contributed by atoms with E-state index in [1.807, 2.05) is 30.7 Å². The molecule has 17 heavy (non-hydrogen) atoms. The van der Waals surface area contributed by atoms with Gasteiger partial charge in [0, 0.05) is 12.2 Å². The highest BCUT2D eigenvalue weighted by Crippen LogP contribution is 2.25. The third-order valence-electron chi connectivity index (χ3n) is 2.60. The van der Waals surface area contributed by atoms with Gasteiger partial charge in [-0.1, -0.05) is 11.6 Å². The fourth-order valence-electron chi connectivity index (χ4n) is 1.83. The molecule has 90 valence electrons. The zero-order valence-corrected chi connectivity index (χ0v) is 10.7. The van der Waals surface area contributed by atoms with Crippen molar-refractivity contribution >= 4 is 28.6 Å². The van der Waals surface area contributed by atoms with Gasteiger partial charge in [-0.15, -0.1) is 0 Å². The van der Waals surface area contributed by atoms with Crippen LogP contribution in [0.5, 0.6) is 0 Å². The molecule has 0 fully saturated rings. The van der Waals surface area contributed by atoms with E-state index in [1.165, 1.54) is 13.2 Å². The van der Waals surface area contributed by atoms with E-state index in [0.717, 1.165) is 5.52 Å². The number of hydrogen-bond acceptors (Lipinski definition) is 3. The summed E-state index contributed by atoms with van der Waals surface area (Å²) < 4.78 is 6.74. The van der Waals surface area contributed by atoms with Crippen LogP contribution in [0.3, 0.4) is 0 Å². The molecule has 0 amide bonds. The first-order valence-electron chi connectivity index (χ1n) is 5.30. The average molecular weight is 253 g/mol. The van der Waals surface area contributed by atoms with Crippen molar-refractivity contribution in [1.29, 1.82) is 0 Å². The molecule has 0 aliphatic rings. The number of aromatic nitrogens is 2. The quantitative estimate of drug-likeness (QED) is 0.610. The highest BCUT2D eigenvalue weighted by Gasteiger charge is 2.17. The van der Waals surface area contributed by atoms with Crippen molar-refractivity contribution in [3.8, 4) is 0 Å². The second-order valence-corrected chi connectivity index (χ2v) is 4.42. The Morgan fingerprint density at radius 2 is 2.24 bits per heavy atom. The first-order chi connectivity index (χ1) is 8.04. The molecule has 2 rings (SSSR count). The SMILES string of the molecule is COC(=O)c1cc(Cl)nc2ccn(C(C)C)c12. The van der Waals surface area contributed by atoms with Crippen LogP contribution in [0.2, 0.25) is 5.15 Å². The third-order valence-corrected chi connectivity index (χ3v) is 2.79. The molecule has 0 spiro atoms. The number of rotatable bonds is 2. The van der Waals surface area contributed by atoms with Gasteiger partial charge in [0.25, 0.3) is 0 Å². The van der Waals surface area contributed by atoms with Crippen molar-refractivity contribution in [2.75, 3.05) is 7.11 Å². The van der Waals surface area contributed by atoms with Crippen molar-refractivity contribution in [2.45, 2.75) is 19.9 Å². The monoisotopic (exact) mass is 252 g/mol. The molecule has 0 unspecified atom stereocenters. The van der Waals surface area contributed by atoms with Gasteiger partial charge in [-0.05, 0) is 26.0 Å². The number of fused-ring (bicyclic) bond motifs is 1. The number of nitrogens with zero attached hydrogens (tertiary/aromatic N) is 2. The highest BCUT2D eigenvalue weighted by atomic mass is 35.5. The summed E-state index contributed by atoms with van der Waals surface area (Å²) in [5, 5.41) is 0.291. The van der Waals surface area contributed by atoms with Crippen LogP contribution in [-0.4, -0.2) is 22.6 Å². The summed E-state index contributed by atoms with van der Waals surface area (Å²) >= 11 is 5.89. The normalized spacial score (nSPS) is 11.1. The van der Waals surface area contributed by atoms with Crippen LogP contribution in [-0.2, 0) is 4.74 Å². The molecule has 4 nitrogen and oxygen atoms in total. The molecule has 5 heteroatoms. The number of esters is 1. The van der Waals surface area contributed by atoms with Crippen LogP contribution in [0, 0.1) is 0 Å². The summed E-state index contributed by atoms with van der Waals surface area (Å²) in [6, 6.07) is 3.61. The number of halogens is 1. The molecule has 2 aromatic heterocycles. The van der Waals surface area contributed by atoms with E-state index in [4.69, 9.17) is 16.3 Å². The van der Waals surface area contributed by atoms with Crippen LogP contribution in [0.25, 0.3) is 11.0 Å². The molecule has 0 N–H and O–H groups in total. The average Bonchev–Trinajstić information content (AvgIpc) is 2.70. The second kappa shape index (κ2) is 4.37. The molecule has 0 saturated carbocycles. The molecule has 0 aliphatic heterocycles. The second-order valence-electron chi connectivity index (χ2n) is 4.03. The minimum atomic E-state index is -0.403. The lowest BCUT2D eigenvalue weighted by Gasteiger charge is -2.11. The maximum absolute atomic E-state index is 11.7. The Morgan fingerprint density at radius 1 is 1.53 bits per heavy atom. The number of hydrogen-bond donors (Lipinski definition) is 0. The van der Waals surface area contributed by atoms with Crippen LogP contribution in [0.4, 0.5) is 0 Å². The summed E-state index contributed by atoms with van der Waals surface area (Å²) in [5.74, 6) is -0.403. The lowest BCUT2D eigenvalue weighted by atomic mass is 10.2. The van der Waals surface area contributed by atoms with Gasteiger partial charge in [-0.2, -0.15) is 0 Å². The first kappa shape index (κ1) is 11.9.